The molecule has 0 aliphatic heterocycles. The molecule has 7 heteroatoms. The minimum atomic E-state index is -0.440. The maximum atomic E-state index is 12.3. The quantitative estimate of drug-likeness (QED) is 0.692. The summed E-state index contributed by atoms with van der Waals surface area (Å²) in [6.45, 7) is 0. The lowest BCUT2D eigenvalue weighted by molar-refractivity contribution is 0.0958. The molecule has 0 saturated heterocycles. The van der Waals surface area contributed by atoms with E-state index in [1.807, 2.05) is 42.5 Å². The van der Waals surface area contributed by atoms with Crippen LogP contribution in [0.5, 0.6) is 0 Å². The SMILES string of the molecule is CNC(=O)c1nn(C)cc1NC(=O)Nc1cccc2ccccc12. The number of nitrogens with zero attached hydrogens (tertiary/aromatic N) is 2. The zero-order valence-corrected chi connectivity index (χ0v) is 13.3. The Morgan fingerprint density at radius 3 is 2.50 bits per heavy atom. The Morgan fingerprint density at radius 1 is 1.00 bits per heavy atom. The molecule has 0 atom stereocenters. The summed E-state index contributed by atoms with van der Waals surface area (Å²) in [5.74, 6) is -0.365. The number of fused-ring (bicyclic) bond motifs is 1. The van der Waals surface area contributed by atoms with Gasteiger partial charge in [-0.25, -0.2) is 4.79 Å². The van der Waals surface area contributed by atoms with E-state index in [0.717, 1.165) is 10.8 Å². The van der Waals surface area contributed by atoms with Gasteiger partial charge >= 0.3 is 6.03 Å². The molecule has 2 aromatic carbocycles. The van der Waals surface area contributed by atoms with Crippen molar-refractivity contribution in [1.82, 2.24) is 15.1 Å². The highest BCUT2D eigenvalue weighted by molar-refractivity contribution is 6.08. The van der Waals surface area contributed by atoms with Crippen LogP contribution in [0.1, 0.15) is 10.5 Å². The standard InChI is InChI=1S/C17H17N5O2/c1-18-16(23)15-14(10-22(2)21-15)20-17(24)19-13-9-5-7-11-6-3-4-8-12(11)13/h3-10H,1-2H3,(H,18,23)(H2,19,20,24). The molecule has 1 aromatic heterocycles. The normalized spacial score (nSPS) is 10.4. The number of aryl methyl sites for hydroxylation is 1. The van der Waals surface area contributed by atoms with Crippen LogP contribution in [0.2, 0.25) is 0 Å². The van der Waals surface area contributed by atoms with Crippen molar-refractivity contribution < 1.29 is 9.59 Å². The van der Waals surface area contributed by atoms with Crippen LogP contribution in [0.15, 0.2) is 48.7 Å². The fourth-order valence-corrected chi connectivity index (χ4v) is 2.48. The number of rotatable bonds is 3. The number of benzene rings is 2. The third-order valence-corrected chi connectivity index (χ3v) is 3.56. The van der Waals surface area contributed by atoms with Crippen molar-refractivity contribution in [2.45, 2.75) is 0 Å². The molecule has 0 spiro atoms. The lowest BCUT2D eigenvalue weighted by atomic mass is 10.1. The van der Waals surface area contributed by atoms with Crippen molar-refractivity contribution >= 4 is 34.1 Å². The zero-order chi connectivity index (χ0) is 17.1. The maximum absolute atomic E-state index is 12.3. The van der Waals surface area contributed by atoms with Crippen molar-refractivity contribution in [3.8, 4) is 0 Å². The Bertz CT molecular complexity index is 911. The van der Waals surface area contributed by atoms with E-state index in [0.29, 0.717) is 11.4 Å². The van der Waals surface area contributed by atoms with Crippen LogP contribution in [0.3, 0.4) is 0 Å². The summed E-state index contributed by atoms with van der Waals surface area (Å²) in [6, 6.07) is 13.0. The van der Waals surface area contributed by atoms with E-state index in [2.05, 4.69) is 21.0 Å². The van der Waals surface area contributed by atoms with Gasteiger partial charge in [0.05, 0.1) is 11.4 Å². The Labute approximate surface area is 138 Å². The largest absolute Gasteiger partial charge is 0.354 e. The predicted molar refractivity (Wildman–Crippen MR) is 93.2 cm³/mol. The van der Waals surface area contributed by atoms with Gasteiger partial charge in [0, 0.05) is 25.7 Å². The summed E-state index contributed by atoms with van der Waals surface area (Å²) < 4.78 is 1.47. The molecule has 24 heavy (non-hydrogen) atoms. The molecule has 1 heterocycles. The molecule has 3 rings (SSSR count). The molecule has 0 bridgehead atoms. The predicted octanol–water partition coefficient (Wildman–Crippen LogP) is 2.58. The molecule has 0 fully saturated rings. The number of anilines is 2. The van der Waals surface area contributed by atoms with Crippen LogP contribution in [0.25, 0.3) is 10.8 Å². The average molecular weight is 323 g/mol. The van der Waals surface area contributed by atoms with Gasteiger partial charge in [0.15, 0.2) is 5.69 Å². The third kappa shape index (κ3) is 3.05. The lowest BCUT2D eigenvalue weighted by Crippen LogP contribution is -2.23. The molecule has 7 nitrogen and oxygen atoms in total. The number of hydrogen-bond acceptors (Lipinski definition) is 3. The second-order valence-electron chi connectivity index (χ2n) is 5.25. The van der Waals surface area contributed by atoms with Gasteiger partial charge in [-0.3, -0.25) is 9.48 Å². The number of amides is 3. The number of hydrogen-bond donors (Lipinski definition) is 3. The first-order valence-corrected chi connectivity index (χ1v) is 7.40. The number of nitrogens with one attached hydrogen (secondary N) is 3. The van der Waals surface area contributed by atoms with E-state index < -0.39 is 6.03 Å². The van der Waals surface area contributed by atoms with Gasteiger partial charge in [-0.05, 0) is 11.5 Å². The smallest absolute Gasteiger partial charge is 0.323 e. The molecule has 0 unspecified atom stereocenters. The summed E-state index contributed by atoms with van der Waals surface area (Å²) >= 11 is 0. The van der Waals surface area contributed by atoms with Gasteiger partial charge < -0.3 is 16.0 Å². The minimum Gasteiger partial charge on any atom is -0.354 e. The number of carbonyl (C=O) groups excluding carboxylic acids is 2. The fourth-order valence-electron chi connectivity index (χ4n) is 2.48. The van der Waals surface area contributed by atoms with Crippen molar-refractivity contribution in [3.05, 3.63) is 54.4 Å². The van der Waals surface area contributed by atoms with Crippen LogP contribution in [-0.2, 0) is 7.05 Å². The zero-order valence-electron chi connectivity index (χ0n) is 13.3. The molecule has 0 aliphatic rings. The molecule has 0 saturated carbocycles. The van der Waals surface area contributed by atoms with Crippen LogP contribution >= 0.6 is 0 Å². The monoisotopic (exact) mass is 323 g/mol. The second-order valence-corrected chi connectivity index (χ2v) is 5.25. The summed E-state index contributed by atoms with van der Waals surface area (Å²) in [7, 11) is 3.19. The fraction of sp³-hybridized carbons (Fsp3) is 0.118. The lowest BCUT2D eigenvalue weighted by Gasteiger charge is -2.10. The van der Waals surface area contributed by atoms with Crippen molar-refractivity contribution in [2.24, 2.45) is 7.05 Å². The average Bonchev–Trinajstić information content (AvgIpc) is 2.94. The van der Waals surface area contributed by atoms with Crippen molar-refractivity contribution in [1.29, 1.82) is 0 Å². The minimum absolute atomic E-state index is 0.160. The van der Waals surface area contributed by atoms with E-state index in [4.69, 9.17) is 0 Å². The van der Waals surface area contributed by atoms with Crippen LogP contribution in [-0.4, -0.2) is 28.8 Å². The van der Waals surface area contributed by atoms with Crippen LogP contribution in [0.4, 0.5) is 16.2 Å². The highest BCUT2D eigenvalue weighted by Crippen LogP contribution is 2.23. The summed E-state index contributed by atoms with van der Waals surface area (Å²) in [5, 5.41) is 14.0. The molecule has 122 valence electrons. The Kier molecular flexibility index (Phi) is 4.15. The van der Waals surface area contributed by atoms with Crippen molar-refractivity contribution in [2.75, 3.05) is 17.7 Å². The van der Waals surface area contributed by atoms with E-state index in [9.17, 15) is 9.59 Å². The van der Waals surface area contributed by atoms with Gasteiger partial charge in [-0.2, -0.15) is 5.10 Å². The molecule has 0 radical (unpaired) electrons. The number of urea groups is 1. The Hall–Kier alpha value is -3.35. The Balaban J connectivity index is 1.82. The molecular formula is C17H17N5O2. The highest BCUT2D eigenvalue weighted by Gasteiger charge is 2.17. The summed E-state index contributed by atoms with van der Waals surface area (Å²) in [4.78, 5) is 24.1. The first kappa shape index (κ1) is 15.5. The van der Waals surface area contributed by atoms with E-state index in [1.165, 1.54) is 11.7 Å². The van der Waals surface area contributed by atoms with E-state index in [1.54, 1.807) is 13.2 Å². The van der Waals surface area contributed by atoms with E-state index in [-0.39, 0.29) is 11.6 Å². The summed E-state index contributed by atoms with van der Waals surface area (Å²) in [5.41, 5.74) is 1.19. The van der Waals surface area contributed by atoms with Crippen LogP contribution in [0, 0.1) is 0 Å². The van der Waals surface area contributed by atoms with Crippen LogP contribution < -0.4 is 16.0 Å². The van der Waals surface area contributed by atoms with Crippen molar-refractivity contribution in [3.63, 3.8) is 0 Å². The number of carbonyl (C=O) groups is 2. The molecule has 3 amide bonds. The number of aromatic nitrogens is 2. The molecule has 3 N–H and O–H groups in total. The second kappa shape index (κ2) is 6.41. The van der Waals surface area contributed by atoms with Gasteiger partial charge in [0.2, 0.25) is 0 Å². The Morgan fingerprint density at radius 2 is 1.71 bits per heavy atom. The summed E-state index contributed by atoms with van der Waals surface area (Å²) in [6.07, 6.45) is 1.58. The van der Waals surface area contributed by atoms with Gasteiger partial charge in [-0.1, -0.05) is 36.4 Å². The first-order valence-electron chi connectivity index (χ1n) is 7.40. The van der Waals surface area contributed by atoms with Gasteiger partial charge in [-0.15, -0.1) is 0 Å². The van der Waals surface area contributed by atoms with Gasteiger partial charge in [0.1, 0.15) is 0 Å². The molecule has 0 aliphatic carbocycles. The maximum Gasteiger partial charge on any atom is 0.323 e. The first-order chi connectivity index (χ1) is 11.6. The third-order valence-electron chi connectivity index (χ3n) is 3.56. The topological polar surface area (TPSA) is 88.1 Å². The highest BCUT2D eigenvalue weighted by atomic mass is 16.2. The van der Waals surface area contributed by atoms with E-state index >= 15 is 0 Å². The molecule has 3 aromatic rings. The molecular weight excluding hydrogens is 306 g/mol. The van der Waals surface area contributed by atoms with Gasteiger partial charge in [0.25, 0.3) is 5.91 Å².